The van der Waals surface area contributed by atoms with Crippen LogP contribution in [0.3, 0.4) is 0 Å². The van der Waals surface area contributed by atoms with E-state index in [0.29, 0.717) is 11.5 Å². The second kappa shape index (κ2) is 10.7. The minimum Gasteiger partial charge on any atom is -0.496 e. The highest BCUT2D eigenvalue weighted by atomic mass is 79.9. The van der Waals surface area contributed by atoms with Gasteiger partial charge in [-0.2, -0.15) is 5.10 Å². The van der Waals surface area contributed by atoms with Crippen LogP contribution < -0.4 is 19.8 Å². The van der Waals surface area contributed by atoms with E-state index in [0.717, 1.165) is 38.7 Å². The molecule has 6 nitrogen and oxygen atoms in total. The number of amides is 1. The zero-order chi connectivity index (χ0) is 24.2. The number of rotatable bonds is 8. The number of ether oxygens (including phenoxy) is 2. The Morgan fingerprint density at radius 2 is 1.97 bits per heavy atom. The number of benzene rings is 2. The van der Waals surface area contributed by atoms with E-state index in [2.05, 4.69) is 93.2 Å². The third-order valence-electron chi connectivity index (χ3n) is 5.42. The van der Waals surface area contributed by atoms with Crippen molar-refractivity contribution >= 4 is 55.2 Å². The summed E-state index contributed by atoms with van der Waals surface area (Å²) >= 11 is 6.80. The molecule has 0 fully saturated rings. The molecule has 1 amide bonds. The molecule has 176 valence electrons. The average Bonchev–Trinajstić information content (AvgIpc) is 2.75. The highest BCUT2D eigenvalue weighted by Gasteiger charge is 2.31. The molecule has 1 aliphatic rings. The summed E-state index contributed by atoms with van der Waals surface area (Å²) in [6.45, 7) is 9.55. The molecule has 0 unspecified atom stereocenters. The van der Waals surface area contributed by atoms with Gasteiger partial charge in [0, 0.05) is 33.9 Å². The van der Waals surface area contributed by atoms with Crippen LogP contribution in [0.5, 0.6) is 11.5 Å². The normalized spacial score (nSPS) is 14.6. The topological polar surface area (TPSA) is 63.2 Å². The molecule has 0 radical (unpaired) electrons. The monoisotopic (exact) mass is 577 g/mol. The van der Waals surface area contributed by atoms with Gasteiger partial charge in [0.15, 0.2) is 6.61 Å². The Hall–Kier alpha value is -2.32. The first-order valence-electron chi connectivity index (χ1n) is 10.8. The summed E-state index contributed by atoms with van der Waals surface area (Å²) in [5, 5.41) is 4.12. The van der Waals surface area contributed by atoms with Crippen molar-refractivity contribution in [3.05, 3.63) is 56.5 Å². The minimum atomic E-state index is -0.357. The number of nitrogens with zero attached hydrogens (tertiary/aromatic N) is 2. The summed E-state index contributed by atoms with van der Waals surface area (Å²) in [5.41, 5.74) is 6.72. The summed E-state index contributed by atoms with van der Waals surface area (Å²) in [4.78, 5) is 14.6. The minimum absolute atomic E-state index is 0.0779. The Bertz CT molecular complexity index is 1100. The van der Waals surface area contributed by atoms with Crippen molar-refractivity contribution in [2.24, 2.45) is 5.10 Å². The van der Waals surface area contributed by atoms with Crippen LogP contribution in [-0.4, -0.2) is 37.9 Å². The van der Waals surface area contributed by atoms with Crippen LogP contribution in [0.4, 0.5) is 5.69 Å². The van der Waals surface area contributed by atoms with Gasteiger partial charge in [0.1, 0.15) is 11.5 Å². The number of nitrogens with one attached hydrogen (secondary N) is 1. The molecule has 8 heteroatoms. The summed E-state index contributed by atoms with van der Waals surface area (Å²) in [6, 6.07) is 9.59. The number of halogens is 2. The first-order chi connectivity index (χ1) is 15.7. The number of methoxy groups -OCH3 is 1. The SMILES string of the molecule is CCCN1c2cc(OC)c(/C=N/NC(=O)COc3ccc(Br)cc3Br)cc2C(C)=CC1(C)C. The molecule has 0 atom stereocenters. The maximum atomic E-state index is 12.2. The van der Waals surface area contributed by atoms with Crippen molar-refractivity contribution in [2.45, 2.75) is 39.7 Å². The van der Waals surface area contributed by atoms with Crippen LogP contribution in [-0.2, 0) is 4.79 Å². The molecule has 0 bridgehead atoms. The fourth-order valence-corrected chi connectivity index (χ4v) is 5.13. The number of hydrogen-bond acceptors (Lipinski definition) is 5. The fourth-order valence-electron chi connectivity index (χ4n) is 3.97. The van der Waals surface area contributed by atoms with E-state index in [1.54, 1.807) is 19.4 Å². The van der Waals surface area contributed by atoms with Crippen LogP contribution in [0.15, 0.2) is 50.5 Å². The first-order valence-corrected chi connectivity index (χ1v) is 12.3. The molecule has 33 heavy (non-hydrogen) atoms. The van der Waals surface area contributed by atoms with Crippen LogP contribution in [0.2, 0.25) is 0 Å². The highest BCUT2D eigenvalue weighted by molar-refractivity contribution is 9.11. The number of fused-ring (bicyclic) bond motifs is 1. The Kier molecular flexibility index (Phi) is 8.23. The van der Waals surface area contributed by atoms with Crippen molar-refractivity contribution in [1.29, 1.82) is 0 Å². The van der Waals surface area contributed by atoms with E-state index in [4.69, 9.17) is 9.47 Å². The Labute approximate surface area is 212 Å². The number of allylic oxidation sites excluding steroid dienone is 1. The maximum absolute atomic E-state index is 12.2. The quantitative estimate of drug-likeness (QED) is 0.301. The van der Waals surface area contributed by atoms with E-state index < -0.39 is 0 Å². The van der Waals surface area contributed by atoms with Crippen LogP contribution in [0.1, 0.15) is 45.2 Å². The second-order valence-electron chi connectivity index (χ2n) is 8.40. The lowest BCUT2D eigenvalue weighted by molar-refractivity contribution is -0.123. The maximum Gasteiger partial charge on any atom is 0.277 e. The van der Waals surface area contributed by atoms with Gasteiger partial charge in [-0.3, -0.25) is 4.79 Å². The van der Waals surface area contributed by atoms with Gasteiger partial charge in [-0.25, -0.2) is 5.43 Å². The Morgan fingerprint density at radius 3 is 2.64 bits per heavy atom. The molecule has 1 heterocycles. The van der Waals surface area contributed by atoms with Crippen LogP contribution >= 0.6 is 31.9 Å². The largest absolute Gasteiger partial charge is 0.496 e. The molecule has 0 saturated carbocycles. The molecular weight excluding hydrogens is 550 g/mol. The van der Waals surface area contributed by atoms with E-state index in [9.17, 15) is 4.79 Å². The van der Waals surface area contributed by atoms with Gasteiger partial charge >= 0.3 is 0 Å². The van der Waals surface area contributed by atoms with Gasteiger partial charge < -0.3 is 14.4 Å². The third kappa shape index (κ3) is 5.98. The molecule has 2 aromatic rings. The average molecular weight is 579 g/mol. The summed E-state index contributed by atoms with van der Waals surface area (Å²) in [6.07, 6.45) is 4.94. The van der Waals surface area contributed by atoms with Crippen LogP contribution in [0, 0.1) is 0 Å². The second-order valence-corrected chi connectivity index (χ2v) is 10.2. The van der Waals surface area contributed by atoms with E-state index >= 15 is 0 Å². The molecule has 3 rings (SSSR count). The predicted octanol–water partition coefficient (Wildman–Crippen LogP) is 6.16. The number of carbonyl (C=O) groups is 1. The number of hydrazone groups is 1. The molecule has 1 aliphatic heterocycles. The van der Waals surface area contributed by atoms with Gasteiger partial charge in [0.2, 0.25) is 0 Å². The lowest BCUT2D eigenvalue weighted by Crippen LogP contribution is -2.45. The van der Waals surface area contributed by atoms with E-state index in [-0.39, 0.29) is 18.1 Å². The van der Waals surface area contributed by atoms with E-state index in [1.807, 2.05) is 12.1 Å². The number of anilines is 1. The molecule has 2 aromatic carbocycles. The summed E-state index contributed by atoms with van der Waals surface area (Å²) in [5.74, 6) is 0.925. The van der Waals surface area contributed by atoms with Crippen molar-refractivity contribution in [2.75, 3.05) is 25.2 Å². The smallest absolute Gasteiger partial charge is 0.277 e. The summed E-state index contributed by atoms with van der Waals surface area (Å²) < 4.78 is 12.9. The molecule has 1 N–H and O–H groups in total. The zero-order valence-corrected chi connectivity index (χ0v) is 22.7. The predicted molar refractivity (Wildman–Crippen MR) is 141 cm³/mol. The molecular formula is C25H29Br2N3O3. The zero-order valence-electron chi connectivity index (χ0n) is 19.5. The van der Waals surface area contributed by atoms with Gasteiger partial charge in [0.25, 0.3) is 5.91 Å². The van der Waals surface area contributed by atoms with Crippen molar-refractivity contribution in [1.82, 2.24) is 5.43 Å². The lowest BCUT2D eigenvalue weighted by Gasteiger charge is -2.43. The van der Waals surface area contributed by atoms with E-state index in [1.165, 1.54) is 5.57 Å². The Balaban J connectivity index is 1.74. The molecule has 0 aromatic heterocycles. The van der Waals surface area contributed by atoms with Gasteiger partial charge in [0.05, 0.1) is 23.3 Å². The summed E-state index contributed by atoms with van der Waals surface area (Å²) in [7, 11) is 1.64. The standard InChI is InChI=1S/C25H29Br2N3O3/c1-6-9-30-21-12-23(32-5)17(10-19(21)16(2)13-25(30,3)4)14-28-29-24(31)15-33-22-8-7-18(26)11-20(22)27/h7-8,10-14H,6,9,15H2,1-5H3,(H,29,31)/b28-14+. The van der Waals surface area contributed by atoms with Crippen molar-refractivity contribution in [3.63, 3.8) is 0 Å². The number of hydrogen-bond donors (Lipinski definition) is 1. The Morgan fingerprint density at radius 1 is 1.21 bits per heavy atom. The first kappa shape index (κ1) is 25.3. The van der Waals surface area contributed by atoms with Gasteiger partial charge in [-0.1, -0.05) is 28.9 Å². The third-order valence-corrected chi connectivity index (χ3v) is 6.53. The lowest BCUT2D eigenvalue weighted by atomic mass is 9.87. The molecule has 0 aliphatic carbocycles. The number of carbonyl (C=O) groups excluding carboxylic acids is 1. The van der Waals surface area contributed by atoms with Crippen LogP contribution in [0.25, 0.3) is 5.57 Å². The van der Waals surface area contributed by atoms with Gasteiger partial charge in [-0.15, -0.1) is 0 Å². The fraction of sp³-hybridized carbons (Fsp3) is 0.360. The van der Waals surface area contributed by atoms with Crippen molar-refractivity contribution in [3.8, 4) is 11.5 Å². The van der Waals surface area contributed by atoms with Gasteiger partial charge in [-0.05, 0) is 73.0 Å². The highest BCUT2D eigenvalue weighted by Crippen LogP contribution is 2.41. The molecule has 0 spiro atoms. The van der Waals surface area contributed by atoms with Crippen molar-refractivity contribution < 1.29 is 14.3 Å². The molecule has 0 saturated heterocycles.